The lowest BCUT2D eigenvalue weighted by Gasteiger charge is -2.23. The molecule has 1 unspecified atom stereocenters. The number of aromatic nitrogens is 2. The summed E-state index contributed by atoms with van der Waals surface area (Å²) >= 11 is 6.26. The summed E-state index contributed by atoms with van der Waals surface area (Å²) < 4.78 is 16.9. The van der Waals surface area contributed by atoms with Crippen molar-refractivity contribution in [2.24, 2.45) is 0 Å². The molecule has 4 rings (SSSR count). The van der Waals surface area contributed by atoms with Gasteiger partial charge in [-0.1, -0.05) is 35.9 Å². The van der Waals surface area contributed by atoms with Gasteiger partial charge in [-0.05, 0) is 31.0 Å². The Bertz CT molecular complexity index is 986. The van der Waals surface area contributed by atoms with E-state index in [4.69, 9.17) is 25.8 Å². The number of pyridine rings is 2. The molecule has 3 aromatic rings. The fourth-order valence-corrected chi connectivity index (χ4v) is 3.48. The molecular formula is C23H23ClN2O3. The van der Waals surface area contributed by atoms with E-state index in [2.05, 4.69) is 41.2 Å². The normalized spacial score (nSPS) is 16.6. The first-order chi connectivity index (χ1) is 14.1. The molecule has 0 aliphatic carbocycles. The maximum Gasteiger partial charge on any atom is 0.133 e. The molecule has 2 aromatic heterocycles. The zero-order valence-electron chi connectivity index (χ0n) is 16.5. The molecule has 1 aliphatic rings. The van der Waals surface area contributed by atoms with E-state index in [1.54, 1.807) is 6.07 Å². The molecule has 3 heterocycles. The molecule has 0 spiro atoms. The van der Waals surface area contributed by atoms with Gasteiger partial charge in [-0.2, -0.15) is 0 Å². The van der Waals surface area contributed by atoms with E-state index in [0.29, 0.717) is 37.3 Å². The fourth-order valence-electron chi connectivity index (χ4n) is 3.29. The van der Waals surface area contributed by atoms with Gasteiger partial charge in [0, 0.05) is 35.2 Å². The molecule has 1 fully saturated rings. The molecule has 1 saturated heterocycles. The van der Waals surface area contributed by atoms with Gasteiger partial charge in [-0.25, -0.2) is 4.98 Å². The van der Waals surface area contributed by atoms with Gasteiger partial charge in [0.2, 0.25) is 0 Å². The third-order valence-corrected chi connectivity index (χ3v) is 5.03. The highest BCUT2D eigenvalue weighted by molar-refractivity contribution is 6.29. The maximum absolute atomic E-state index is 6.26. The lowest BCUT2D eigenvalue weighted by Crippen LogP contribution is -2.33. The van der Waals surface area contributed by atoms with E-state index in [9.17, 15) is 0 Å². The molecule has 150 valence electrons. The van der Waals surface area contributed by atoms with Crippen LogP contribution in [0.2, 0.25) is 5.15 Å². The van der Waals surface area contributed by atoms with Crippen LogP contribution in [0.1, 0.15) is 11.3 Å². The molecule has 1 aromatic carbocycles. The molecule has 6 heteroatoms. The van der Waals surface area contributed by atoms with Gasteiger partial charge in [-0.3, -0.25) is 4.98 Å². The Morgan fingerprint density at radius 3 is 2.66 bits per heavy atom. The number of ether oxygens (including phenoxy) is 3. The third-order valence-electron chi connectivity index (χ3n) is 4.84. The monoisotopic (exact) mass is 410 g/mol. The highest BCUT2D eigenvalue weighted by Gasteiger charge is 2.16. The molecule has 0 N–H and O–H groups in total. The molecule has 0 saturated carbocycles. The standard InChI is InChI=1S/C23H23ClN2O3/c1-15-9-17(18-4-3-16(2)25-12-18)5-6-21(15)22-10-19(11-23(24)26-22)29-14-20-13-27-7-8-28-20/h3-6,9-12,20H,7-8,13-14H2,1-2H3. The van der Waals surface area contributed by atoms with Crippen LogP contribution in [-0.2, 0) is 9.47 Å². The molecule has 29 heavy (non-hydrogen) atoms. The molecule has 0 radical (unpaired) electrons. The number of rotatable bonds is 5. The lowest BCUT2D eigenvalue weighted by molar-refractivity contribution is -0.101. The number of halogens is 1. The van der Waals surface area contributed by atoms with Gasteiger partial charge < -0.3 is 14.2 Å². The average molecular weight is 411 g/mol. The second-order valence-electron chi connectivity index (χ2n) is 7.11. The topological polar surface area (TPSA) is 53.5 Å². The van der Waals surface area contributed by atoms with Crippen LogP contribution in [0.3, 0.4) is 0 Å². The summed E-state index contributed by atoms with van der Waals surface area (Å²) in [7, 11) is 0. The average Bonchev–Trinajstić information content (AvgIpc) is 2.73. The summed E-state index contributed by atoms with van der Waals surface area (Å²) in [5, 5.41) is 0.393. The zero-order valence-corrected chi connectivity index (χ0v) is 17.3. The fraction of sp³-hybridized carbons (Fsp3) is 0.304. The van der Waals surface area contributed by atoms with Gasteiger partial charge in [0.25, 0.3) is 0 Å². The van der Waals surface area contributed by atoms with Crippen molar-refractivity contribution < 1.29 is 14.2 Å². The third kappa shape index (κ3) is 4.93. The highest BCUT2D eigenvalue weighted by Crippen LogP contribution is 2.30. The molecule has 0 amide bonds. The van der Waals surface area contributed by atoms with E-state index in [0.717, 1.165) is 33.6 Å². The first-order valence-electron chi connectivity index (χ1n) is 9.62. The smallest absolute Gasteiger partial charge is 0.133 e. The van der Waals surface area contributed by atoms with Crippen molar-refractivity contribution in [2.75, 3.05) is 26.4 Å². The van der Waals surface area contributed by atoms with Crippen LogP contribution in [0.25, 0.3) is 22.4 Å². The van der Waals surface area contributed by atoms with Crippen LogP contribution in [0.5, 0.6) is 5.75 Å². The Labute approximate surface area is 175 Å². The van der Waals surface area contributed by atoms with Crippen molar-refractivity contribution in [1.29, 1.82) is 0 Å². The predicted octanol–water partition coefficient (Wildman–Crippen LogP) is 4.88. The van der Waals surface area contributed by atoms with Gasteiger partial charge in [-0.15, -0.1) is 0 Å². The minimum Gasteiger partial charge on any atom is -0.491 e. The zero-order chi connectivity index (χ0) is 20.2. The number of aryl methyl sites for hydroxylation is 2. The van der Waals surface area contributed by atoms with Crippen LogP contribution in [0.15, 0.2) is 48.7 Å². The van der Waals surface area contributed by atoms with Crippen LogP contribution >= 0.6 is 11.6 Å². The number of hydrogen-bond acceptors (Lipinski definition) is 5. The van der Waals surface area contributed by atoms with E-state index in [-0.39, 0.29) is 6.10 Å². The Morgan fingerprint density at radius 1 is 1.07 bits per heavy atom. The van der Waals surface area contributed by atoms with Crippen molar-refractivity contribution in [2.45, 2.75) is 20.0 Å². The number of nitrogens with zero attached hydrogens (tertiary/aromatic N) is 2. The second-order valence-corrected chi connectivity index (χ2v) is 7.49. The molecular weight excluding hydrogens is 388 g/mol. The maximum atomic E-state index is 6.26. The van der Waals surface area contributed by atoms with Crippen molar-refractivity contribution in [3.05, 3.63) is 65.1 Å². The van der Waals surface area contributed by atoms with E-state index in [1.165, 1.54) is 0 Å². The number of benzene rings is 1. The summed E-state index contributed by atoms with van der Waals surface area (Å²) in [6.45, 7) is 6.24. The van der Waals surface area contributed by atoms with Crippen LogP contribution in [0, 0.1) is 13.8 Å². The Hall–Kier alpha value is -2.47. The second kappa shape index (κ2) is 8.91. The summed E-state index contributed by atoms with van der Waals surface area (Å²) in [6.07, 6.45) is 1.83. The SMILES string of the molecule is Cc1ccc(-c2ccc(-c3cc(OCC4COCCO4)cc(Cl)n3)c(C)c2)cn1. The van der Waals surface area contributed by atoms with Gasteiger partial charge in [0.1, 0.15) is 23.6 Å². The Balaban J connectivity index is 1.55. The van der Waals surface area contributed by atoms with Crippen LogP contribution < -0.4 is 4.74 Å². The lowest BCUT2D eigenvalue weighted by atomic mass is 9.98. The first kappa shape index (κ1) is 19.8. The van der Waals surface area contributed by atoms with Gasteiger partial charge in [0.05, 0.1) is 25.5 Å². The molecule has 1 aliphatic heterocycles. The minimum absolute atomic E-state index is 0.0664. The predicted molar refractivity (Wildman–Crippen MR) is 113 cm³/mol. The van der Waals surface area contributed by atoms with Gasteiger partial charge in [0.15, 0.2) is 0 Å². The first-order valence-corrected chi connectivity index (χ1v) is 10.00. The van der Waals surface area contributed by atoms with Crippen LogP contribution in [0.4, 0.5) is 0 Å². The van der Waals surface area contributed by atoms with Crippen molar-refractivity contribution in [1.82, 2.24) is 9.97 Å². The van der Waals surface area contributed by atoms with E-state index in [1.807, 2.05) is 25.3 Å². The Morgan fingerprint density at radius 2 is 1.93 bits per heavy atom. The van der Waals surface area contributed by atoms with E-state index >= 15 is 0 Å². The van der Waals surface area contributed by atoms with Crippen LogP contribution in [-0.4, -0.2) is 42.5 Å². The summed E-state index contributed by atoms with van der Waals surface area (Å²) in [5.74, 6) is 0.667. The van der Waals surface area contributed by atoms with Gasteiger partial charge >= 0.3 is 0 Å². The molecule has 5 nitrogen and oxygen atoms in total. The summed E-state index contributed by atoms with van der Waals surface area (Å²) in [6, 6.07) is 14.0. The molecule has 0 bridgehead atoms. The number of hydrogen-bond donors (Lipinski definition) is 0. The quantitative estimate of drug-likeness (QED) is 0.561. The Kier molecular flexibility index (Phi) is 6.09. The summed E-state index contributed by atoms with van der Waals surface area (Å²) in [5.41, 5.74) is 6.10. The largest absolute Gasteiger partial charge is 0.491 e. The summed E-state index contributed by atoms with van der Waals surface area (Å²) in [4.78, 5) is 8.87. The minimum atomic E-state index is -0.0664. The van der Waals surface area contributed by atoms with Crippen molar-refractivity contribution in [3.8, 4) is 28.1 Å². The van der Waals surface area contributed by atoms with Crippen molar-refractivity contribution in [3.63, 3.8) is 0 Å². The molecule has 1 atom stereocenters. The van der Waals surface area contributed by atoms with Crippen molar-refractivity contribution >= 4 is 11.6 Å². The van der Waals surface area contributed by atoms with E-state index < -0.39 is 0 Å². The highest BCUT2D eigenvalue weighted by atomic mass is 35.5.